The number of amides is 1. The number of piperidine rings is 1. The van der Waals surface area contributed by atoms with Gasteiger partial charge in [-0.2, -0.15) is 0 Å². The summed E-state index contributed by atoms with van der Waals surface area (Å²) < 4.78 is 7.63. The first-order valence-corrected chi connectivity index (χ1v) is 8.91. The maximum Gasteiger partial charge on any atom is 0.289 e. The highest BCUT2D eigenvalue weighted by Crippen LogP contribution is 2.33. The van der Waals surface area contributed by atoms with Crippen LogP contribution in [0.5, 0.6) is 0 Å². The number of likely N-dealkylation sites (tertiary alicyclic amines) is 1. The van der Waals surface area contributed by atoms with Crippen molar-refractivity contribution in [2.75, 3.05) is 13.1 Å². The number of imidazole rings is 1. The minimum absolute atomic E-state index is 0.0885. The van der Waals surface area contributed by atoms with Gasteiger partial charge in [-0.15, -0.1) is 0 Å². The van der Waals surface area contributed by atoms with E-state index >= 15 is 0 Å². The smallest absolute Gasteiger partial charge is 0.289 e. The summed E-state index contributed by atoms with van der Waals surface area (Å²) in [5.41, 5.74) is -0.712. The molecule has 3 heterocycles. The molecule has 1 fully saturated rings. The van der Waals surface area contributed by atoms with Crippen molar-refractivity contribution in [2.24, 2.45) is 11.8 Å². The molecule has 2 aromatic rings. The summed E-state index contributed by atoms with van der Waals surface area (Å²) in [4.78, 5) is 18.6. The number of rotatable bonds is 5. The number of nitrogens with zero attached hydrogens (tertiary/aromatic N) is 3. The third-order valence-corrected chi connectivity index (χ3v) is 5.02. The third kappa shape index (κ3) is 4.12. The fourth-order valence-electron chi connectivity index (χ4n) is 3.50. The van der Waals surface area contributed by atoms with Gasteiger partial charge < -0.3 is 19.0 Å². The maximum atomic E-state index is 12.8. The Morgan fingerprint density at radius 2 is 2.28 bits per heavy atom. The van der Waals surface area contributed by atoms with Crippen LogP contribution in [-0.2, 0) is 6.54 Å². The molecule has 2 atom stereocenters. The first-order chi connectivity index (χ1) is 11.8. The van der Waals surface area contributed by atoms with Crippen molar-refractivity contribution in [3.8, 4) is 0 Å². The molecule has 0 unspecified atom stereocenters. The Bertz CT molecular complexity index is 703. The number of aliphatic hydroxyl groups is 1. The van der Waals surface area contributed by atoms with E-state index in [-0.39, 0.29) is 11.8 Å². The number of aromatic nitrogens is 2. The quantitative estimate of drug-likeness (QED) is 0.904. The summed E-state index contributed by atoms with van der Waals surface area (Å²) in [7, 11) is 0. The normalized spacial score (nSPS) is 24.0. The van der Waals surface area contributed by atoms with Gasteiger partial charge in [0.25, 0.3) is 5.91 Å². The molecule has 6 nitrogen and oxygen atoms in total. The summed E-state index contributed by atoms with van der Waals surface area (Å²) in [6.45, 7) is 7.85. The van der Waals surface area contributed by atoms with E-state index in [2.05, 4.69) is 18.8 Å². The monoisotopic (exact) mass is 345 g/mol. The summed E-state index contributed by atoms with van der Waals surface area (Å²) in [6.07, 6.45) is 6.78. The molecule has 0 aromatic carbocycles. The van der Waals surface area contributed by atoms with Crippen LogP contribution in [-0.4, -0.2) is 44.2 Å². The molecule has 6 heteroatoms. The molecule has 1 N–H and O–H groups in total. The predicted molar refractivity (Wildman–Crippen MR) is 94.1 cm³/mol. The van der Waals surface area contributed by atoms with Crippen molar-refractivity contribution in [3.63, 3.8) is 0 Å². The number of hydrogen-bond donors (Lipinski definition) is 1. The Hall–Kier alpha value is -2.08. The first-order valence-electron chi connectivity index (χ1n) is 8.91. The van der Waals surface area contributed by atoms with Gasteiger partial charge in [0, 0.05) is 31.4 Å². The predicted octanol–water partition coefficient (Wildman–Crippen LogP) is 2.78. The molecule has 2 aromatic heterocycles. The molecule has 136 valence electrons. The van der Waals surface area contributed by atoms with Crippen LogP contribution in [0.2, 0.25) is 0 Å². The summed E-state index contributed by atoms with van der Waals surface area (Å²) in [5.74, 6) is 1.56. The molecule has 0 radical (unpaired) electrons. The lowest BCUT2D eigenvalue weighted by Gasteiger charge is -2.43. The van der Waals surface area contributed by atoms with E-state index in [0.717, 1.165) is 12.2 Å². The molecule has 25 heavy (non-hydrogen) atoms. The standard InChI is InChI=1S/C19H27N3O3/c1-14(2)10-15-11-22(8-6-19(15,3)24)18(23)17-5-4-16(25-17)12-21-9-7-20-13-21/h4-5,7,9,13-15,24H,6,8,10-12H2,1-3H3/t15-,19+/m0/s1. The zero-order valence-corrected chi connectivity index (χ0v) is 15.2. The molecule has 0 bridgehead atoms. The highest BCUT2D eigenvalue weighted by Gasteiger charge is 2.39. The maximum absolute atomic E-state index is 12.8. The van der Waals surface area contributed by atoms with E-state index in [9.17, 15) is 9.90 Å². The van der Waals surface area contributed by atoms with Crippen LogP contribution in [0.1, 0.15) is 49.9 Å². The van der Waals surface area contributed by atoms with Crippen molar-refractivity contribution in [3.05, 3.63) is 42.4 Å². The van der Waals surface area contributed by atoms with Crippen LogP contribution in [0.3, 0.4) is 0 Å². The van der Waals surface area contributed by atoms with E-state index in [4.69, 9.17) is 4.42 Å². The van der Waals surface area contributed by atoms with E-state index in [1.165, 1.54) is 0 Å². The van der Waals surface area contributed by atoms with Gasteiger partial charge in [0.15, 0.2) is 5.76 Å². The van der Waals surface area contributed by atoms with Crippen molar-refractivity contribution in [2.45, 2.75) is 45.8 Å². The molecular formula is C19H27N3O3. The topological polar surface area (TPSA) is 71.5 Å². The largest absolute Gasteiger partial charge is 0.454 e. The number of carbonyl (C=O) groups excluding carboxylic acids is 1. The van der Waals surface area contributed by atoms with E-state index in [1.807, 2.05) is 28.7 Å². The SMILES string of the molecule is CC(C)C[C@H]1CN(C(=O)c2ccc(Cn3ccnc3)o2)CC[C@@]1(C)O. The lowest BCUT2D eigenvalue weighted by Crippen LogP contribution is -2.52. The summed E-state index contributed by atoms with van der Waals surface area (Å²) >= 11 is 0. The fourth-order valence-corrected chi connectivity index (χ4v) is 3.50. The van der Waals surface area contributed by atoms with Gasteiger partial charge in [-0.25, -0.2) is 4.98 Å². The minimum Gasteiger partial charge on any atom is -0.454 e. The van der Waals surface area contributed by atoms with Crippen LogP contribution < -0.4 is 0 Å². The summed E-state index contributed by atoms with van der Waals surface area (Å²) in [6, 6.07) is 3.57. The third-order valence-electron chi connectivity index (χ3n) is 5.02. The van der Waals surface area contributed by atoms with Gasteiger partial charge in [-0.1, -0.05) is 13.8 Å². The lowest BCUT2D eigenvalue weighted by molar-refractivity contribution is -0.0581. The molecule has 1 aliphatic heterocycles. The number of hydrogen-bond acceptors (Lipinski definition) is 4. The number of carbonyl (C=O) groups is 1. The van der Waals surface area contributed by atoms with Gasteiger partial charge in [-0.3, -0.25) is 4.79 Å². The zero-order valence-electron chi connectivity index (χ0n) is 15.2. The Kier molecular flexibility index (Phi) is 4.99. The molecule has 0 saturated carbocycles. The van der Waals surface area contributed by atoms with E-state index in [0.29, 0.717) is 37.7 Å². The van der Waals surface area contributed by atoms with E-state index in [1.54, 1.807) is 18.6 Å². The fraction of sp³-hybridized carbons (Fsp3) is 0.579. The Morgan fingerprint density at radius 3 is 2.96 bits per heavy atom. The molecular weight excluding hydrogens is 318 g/mol. The van der Waals surface area contributed by atoms with Crippen LogP contribution >= 0.6 is 0 Å². The lowest BCUT2D eigenvalue weighted by atomic mass is 9.78. The molecule has 1 amide bonds. The average Bonchev–Trinajstić information content (AvgIpc) is 3.20. The minimum atomic E-state index is -0.712. The van der Waals surface area contributed by atoms with E-state index < -0.39 is 5.60 Å². The number of furan rings is 1. The molecule has 0 spiro atoms. The van der Waals surface area contributed by atoms with Gasteiger partial charge in [-0.05, 0) is 37.8 Å². The van der Waals surface area contributed by atoms with Crippen LogP contribution in [0, 0.1) is 11.8 Å². The second kappa shape index (κ2) is 7.04. The second-order valence-electron chi connectivity index (χ2n) is 7.69. The van der Waals surface area contributed by atoms with Crippen molar-refractivity contribution in [1.82, 2.24) is 14.5 Å². The van der Waals surface area contributed by atoms with Crippen molar-refractivity contribution in [1.29, 1.82) is 0 Å². The summed E-state index contributed by atoms with van der Waals surface area (Å²) in [5, 5.41) is 10.6. The Morgan fingerprint density at radius 1 is 1.48 bits per heavy atom. The van der Waals surface area contributed by atoms with Gasteiger partial charge >= 0.3 is 0 Å². The highest BCUT2D eigenvalue weighted by molar-refractivity contribution is 5.91. The Labute approximate surface area is 148 Å². The Balaban J connectivity index is 1.67. The highest BCUT2D eigenvalue weighted by atomic mass is 16.4. The van der Waals surface area contributed by atoms with Crippen LogP contribution in [0.25, 0.3) is 0 Å². The van der Waals surface area contributed by atoms with Gasteiger partial charge in [0.2, 0.25) is 0 Å². The molecule has 0 aliphatic carbocycles. The van der Waals surface area contributed by atoms with Crippen LogP contribution in [0.15, 0.2) is 35.3 Å². The second-order valence-corrected chi connectivity index (χ2v) is 7.69. The molecule has 1 aliphatic rings. The van der Waals surface area contributed by atoms with Gasteiger partial charge in [0.1, 0.15) is 5.76 Å². The zero-order chi connectivity index (χ0) is 18.0. The molecule has 1 saturated heterocycles. The van der Waals surface area contributed by atoms with Gasteiger partial charge in [0.05, 0.1) is 18.5 Å². The van der Waals surface area contributed by atoms with Crippen molar-refractivity contribution < 1.29 is 14.3 Å². The van der Waals surface area contributed by atoms with Crippen LogP contribution in [0.4, 0.5) is 0 Å². The average molecular weight is 345 g/mol. The van der Waals surface area contributed by atoms with Crippen molar-refractivity contribution >= 4 is 5.91 Å². The molecule has 3 rings (SSSR count). The first kappa shape index (κ1) is 17.7.